The average Bonchev–Trinajstić information content (AvgIpc) is 2.81. The Labute approximate surface area is 101 Å². The van der Waals surface area contributed by atoms with Gasteiger partial charge in [-0.2, -0.15) is 0 Å². The van der Waals surface area contributed by atoms with Gasteiger partial charge in [-0.15, -0.1) is 5.10 Å². The SMILES string of the molecule is NCCn1cc(C(=O)c2cccc(F)c2F)nn1. The number of carbonyl (C=O) groups is 1. The molecule has 2 N–H and O–H groups in total. The molecular weight excluding hydrogens is 242 g/mol. The van der Waals surface area contributed by atoms with Crippen molar-refractivity contribution in [2.75, 3.05) is 6.54 Å². The lowest BCUT2D eigenvalue weighted by Crippen LogP contribution is -2.10. The van der Waals surface area contributed by atoms with Crippen LogP contribution in [0.4, 0.5) is 8.78 Å². The molecule has 2 rings (SSSR count). The number of halogens is 2. The highest BCUT2D eigenvalue weighted by molar-refractivity contribution is 6.07. The Morgan fingerprint density at radius 3 is 2.89 bits per heavy atom. The van der Waals surface area contributed by atoms with Crippen LogP contribution in [0, 0.1) is 11.6 Å². The number of benzene rings is 1. The molecule has 0 atom stereocenters. The second-order valence-corrected chi connectivity index (χ2v) is 3.59. The summed E-state index contributed by atoms with van der Waals surface area (Å²) in [5.74, 6) is -2.97. The lowest BCUT2D eigenvalue weighted by molar-refractivity contribution is 0.102. The van der Waals surface area contributed by atoms with Crippen molar-refractivity contribution in [2.45, 2.75) is 6.54 Å². The lowest BCUT2D eigenvalue weighted by atomic mass is 10.1. The maximum atomic E-state index is 13.4. The van der Waals surface area contributed by atoms with Crippen LogP contribution in [0.1, 0.15) is 16.1 Å². The highest BCUT2D eigenvalue weighted by Gasteiger charge is 2.19. The number of carbonyl (C=O) groups excluding carboxylic acids is 1. The Bertz CT molecular complexity index is 582. The molecule has 1 aromatic carbocycles. The molecule has 0 aliphatic heterocycles. The molecular formula is C11H10F2N4O. The summed E-state index contributed by atoms with van der Waals surface area (Å²) in [5.41, 5.74) is 4.90. The Balaban J connectivity index is 2.32. The number of nitrogens with two attached hydrogens (primary N) is 1. The molecule has 0 unspecified atom stereocenters. The molecule has 5 nitrogen and oxygen atoms in total. The number of hydrogen-bond donors (Lipinski definition) is 1. The fourth-order valence-corrected chi connectivity index (χ4v) is 1.46. The summed E-state index contributed by atoms with van der Waals surface area (Å²) in [6.07, 6.45) is 1.35. The van der Waals surface area contributed by atoms with Gasteiger partial charge in [-0.1, -0.05) is 11.3 Å². The van der Waals surface area contributed by atoms with E-state index in [1.54, 1.807) is 0 Å². The summed E-state index contributed by atoms with van der Waals surface area (Å²) in [7, 11) is 0. The molecule has 0 radical (unpaired) electrons. The number of rotatable bonds is 4. The number of nitrogens with zero attached hydrogens (tertiary/aromatic N) is 3. The summed E-state index contributed by atoms with van der Waals surface area (Å²) >= 11 is 0. The number of hydrogen-bond acceptors (Lipinski definition) is 4. The minimum absolute atomic E-state index is 0.0482. The fourth-order valence-electron chi connectivity index (χ4n) is 1.46. The molecule has 0 saturated carbocycles. The van der Waals surface area contributed by atoms with Gasteiger partial charge in [-0.25, -0.2) is 8.78 Å². The predicted octanol–water partition coefficient (Wildman–Crippen LogP) is 0.746. The van der Waals surface area contributed by atoms with Crippen LogP contribution in [0.2, 0.25) is 0 Å². The first-order valence-electron chi connectivity index (χ1n) is 5.22. The van der Waals surface area contributed by atoms with E-state index >= 15 is 0 Å². The quantitative estimate of drug-likeness (QED) is 0.815. The lowest BCUT2D eigenvalue weighted by Gasteiger charge is -1.99. The zero-order valence-electron chi connectivity index (χ0n) is 9.31. The van der Waals surface area contributed by atoms with Crippen molar-refractivity contribution in [2.24, 2.45) is 5.73 Å². The van der Waals surface area contributed by atoms with Gasteiger partial charge < -0.3 is 5.73 Å². The van der Waals surface area contributed by atoms with E-state index in [9.17, 15) is 13.6 Å². The van der Waals surface area contributed by atoms with Gasteiger partial charge in [0.15, 0.2) is 17.3 Å². The molecule has 18 heavy (non-hydrogen) atoms. The van der Waals surface area contributed by atoms with E-state index in [2.05, 4.69) is 10.3 Å². The Morgan fingerprint density at radius 2 is 2.17 bits per heavy atom. The van der Waals surface area contributed by atoms with E-state index in [0.29, 0.717) is 13.1 Å². The smallest absolute Gasteiger partial charge is 0.217 e. The van der Waals surface area contributed by atoms with Crippen LogP contribution in [-0.4, -0.2) is 27.3 Å². The first-order chi connectivity index (χ1) is 8.63. The monoisotopic (exact) mass is 252 g/mol. The molecule has 7 heteroatoms. The number of ketones is 1. The first-order valence-corrected chi connectivity index (χ1v) is 5.22. The van der Waals surface area contributed by atoms with Crippen molar-refractivity contribution in [3.8, 4) is 0 Å². The minimum Gasteiger partial charge on any atom is -0.329 e. The van der Waals surface area contributed by atoms with Gasteiger partial charge in [-0.05, 0) is 12.1 Å². The maximum absolute atomic E-state index is 13.4. The molecule has 0 aliphatic carbocycles. The van der Waals surface area contributed by atoms with Crippen molar-refractivity contribution in [1.29, 1.82) is 0 Å². The van der Waals surface area contributed by atoms with E-state index in [1.807, 2.05) is 0 Å². The van der Waals surface area contributed by atoms with Gasteiger partial charge >= 0.3 is 0 Å². The van der Waals surface area contributed by atoms with Crippen LogP contribution in [0.25, 0.3) is 0 Å². The van der Waals surface area contributed by atoms with Crippen molar-refractivity contribution in [1.82, 2.24) is 15.0 Å². The van der Waals surface area contributed by atoms with Crippen molar-refractivity contribution in [3.05, 3.63) is 47.3 Å². The maximum Gasteiger partial charge on any atom is 0.217 e. The van der Waals surface area contributed by atoms with E-state index in [1.165, 1.54) is 23.0 Å². The standard InChI is InChI=1S/C11H10F2N4O/c12-8-3-1-2-7(10(8)13)11(18)9-6-17(5-4-14)16-15-9/h1-3,6H,4-5,14H2. The van der Waals surface area contributed by atoms with Gasteiger partial charge in [0, 0.05) is 6.54 Å². The van der Waals surface area contributed by atoms with Crippen LogP contribution in [0.5, 0.6) is 0 Å². The van der Waals surface area contributed by atoms with Crippen LogP contribution in [0.15, 0.2) is 24.4 Å². The largest absolute Gasteiger partial charge is 0.329 e. The van der Waals surface area contributed by atoms with E-state index < -0.39 is 17.4 Å². The molecule has 0 fully saturated rings. The third-order valence-electron chi connectivity index (χ3n) is 2.33. The van der Waals surface area contributed by atoms with E-state index in [-0.39, 0.29) is 11.3 Å². The van der Waals surface area contributed by atoms with Gasteiger partial charge in [0.1, 0.15) is 0 Å². The van der Waals surface area contributed by atoms with Crippen molar-refractivity contribution in [3.63, 3.8) is 0 Å². The van der Waals surface area contributed by atoms with Crippen molar-refractivity contribution < 1.29 is 13.6 Å². The number of aromatic nitrogens is 3. The molecule has 1 aromatic heterocycles. The molecule has 2 aromatic rings. The van der Waals surface area contributed by atoms with Gasteiger partial charge in [0.25, 0.3) is 0 Å². The minimum atomic E-state index is -1.18. The zero-order chi connectivity index (χ0) is 13.1. The van der Waals surface area contributed by atoms with Crippen LogP contribution < -0.4 is 5.73 Å². The average molecular weight is 252 g/mol. The van der Waals surface area contributed by atoms with Crippen LogP contribution in [-0.2, 0) is 6.54 Å². The van der Waals surface area contributed by atoms with Crippen LogP contribution in [0.3, 0.4) is 0 Å². The Morgan fingerprint density at radius 1 is 1.39 bits per heavy atom. The third kappa shape index (κ3) is 2.25. The van der Waals surface area contributed by atoms with Gasteiger partial charge in [0.2, 0.25) is 5.78 Å². The molecule has 94 valence electrons. The summed E-state index contributed by atoms with van der Waals surface area (Å²) in [6, 6.07) is 3.40. The summed E-state index contributed by atoms with van der Waals surface area (Å²) < 4.78 is 27.8. The highest BCUT2D eigenvalue weighted by atomic mass is 19.2. The normalized spacial score (nSPS) is 10.6. The van der Waals surface area contributed by atoms with Crippen molar-refractivity contribution >= 4 is 5.78 Å². The van der Waals surface area contributed by atoms with E-state index in [4.69, 9.17) is 5.73 Å². The van der Waals surface area contributed by atoms with Gasteiger partial charge in [0.05, 0.1) is 18.3 Å². The van der Waals surface area contributed by atoms with E-state index in [0.717, 1.165) is 6.07 Å². The predicted molar refractivity (Wildman–Crippen MR) is 58.9 cm³/mol. The first kappa shape index (κ1) is 12.3. The fraction of sp³-hybridized carbons (Fsp3) is 0.182. The molecule has 1 heterocycles. The third-order valence-corrected chi connectivity index (χ3v) is 2.33. The molecule has 0 spiro atoms. The topological polar surface area (TPSA) is 73.8 Å². The molecule has 0 aliphatic rings. The second kappa shape index (κ2) is 5.01. The second-order valence-electron chi connectivity index (χ2n) is 3.59. The molecule has 0 amide bonds. The highest BCUT2D eigenvalue weighted by Crippen LogP contribution is 2.14. The zero-order valence-corrected chi connectivity index (χ0v) is 9.31. The summed E-state index contributed by atoms with van der Waals surface area (Å²) in [6.45, 7) is 0.733. The van der Waals surface area contributed by atoms with Crippen LogP contribution >= 0.6 is 0 Å². The molecule has 0 saturated heterocycles. The molecule has 0 bridgehead atoms. The Hall–Kier alpha value is -2.15. The summed E-state index contributed by atoms with van der Waals surface area (Å²) in [4.78, 5) is 11.9. The summed E-state index contributed by atoms with van der Waals surface area (Å²) in [5, 5.41) is 7.25. The van der Waals surface area contributed by atoms with Gasteiger partial charge in [-0.3, -0.25) is 9.48 Å². The Kier molecular flexibility index (Phi) is 3.42.